The molecule has 1 amide bonds. The molecule has 0 unspecified atom stereocenters. The van der Waals surface area contributed by atoms with Crippen molar-refractivity contribution in [2.75, 3.05) is 31.0 Å². The second kappa shape index (κ2) is 12.4. The number of fused-ring (bicyclic) bond motifs is 2. The predicted octanol–water partition coefficient (Wildman–Crippen LogP) is 7.22. The van der Waals surface area contributed by atoms with Crippen LogP contribution in [0.2, 0.25) is 0 Å². The number of benzene rings is 4. The van der Waals surface area contributed by atoms with E-state index in [-0.39, 0.29) is 18.3 Å². The lowest BCUT2D eigenvalue weighted by atomic mass is 10.1. The van der Waals surface area contributed by atoms with Gasteiger partial charge in [0.25, 0.3) is 5.91 Å². The van der Waals surface area contributed by atoms with Gasteiger partial charge >= 0.3 is 0 Å². The molecule has 7 nitrogen and oxygen atoms in total. The quantitative estimate of drug-likeness (QED) is 0.140. The number of carbonyl (C=O) groups excluding carboxylic acids is 2. The summed E-state index contributed by atoms with van der Waals surface area (Å²) in [5, 5.41) is 6.20. The van der Waals surface area contributed by atoms with Crippen LogP contribution in [-0.4, -0.2) is 32.0 Å². The summed E-state index contributed by atoms with van der Waals surface area (Å²) >= 11 is 1.68. The molecule has 0 radical (unpaired) electrons. The van der Waals surface area contributed by atoms with Crippen LogP contribution in [0.5, 0.6) is 17.2 Å². The maximum absolute atomic E-state index is 13.0. The number of rotatable bonds is 10. The van der Waals surface area contributed by atoms with Gasteiger partial charge in [-0.3, -0.25) is 9.59 Å². The lowest BCUT2D eigenvalue weighted by Gasteiger charge is -2.20. The van der Waals surface area contributed by atoms with E-state index in [0.29, 0.717) is 35.1 Å². The third-order valence-electron chi connectivity index (χ3n) is 6.07. The molecule has 1 aliphatic heterocycles. The van der Waals surface area contributed by atoms with E-state index in [1.54, 1.807) is 49.2 Å². The van der Waals surface area contributed by atoms with Crippen molar-refractivity contribution in [2.45, 2.75) is 16.7 Å². The second-order valence-electron chi connectivity index (χ2n) is 8.81. The topological polar surface area (TPSA) is 85.9 Å². The number of ketones is 1. The summed E-state index contributed by atoms with van der Waals surface area (Å²) in [5.41, 5.74) is 3.87. The molecule has 0 fully saturated rings. The Balaban J connectivity index is 1.24. The van der Waals surface area contributed by atoms with Crippen LogP contribution in [0.3, 0.4) is 0 Å². The van der Waals surface area contributed by atoms with Crippen molar-refractivity contribution in [3.8, 4) is 17.2 Å². The first-order valence-electron chi connectivity index (χ1n) is 12.8. The van der Waals surface area contributed by atoms with Crippen molar-refractivity contribution in [3.63, 3.8) is 0 Å². The fourth-order valence-corrected chi connectivity index (χ4v) is 5.12. The monoisotopic (exact) mass is 552 g/mol. The Morgan fingerprint density at radius 2 is 1.65 bits per heavy atom. The van der Waals surface area contributed by atoms with Crippen LogP contribution in [0.4, 0.5) is 17.1 Å². The van der Waals surface area contributed by atoms with Crippen LogP contribution in [-0.2, 0) is 4.79 Å². The molecule has 5 rings (SSSR count). The average molecular weight is 553 g/mol. The summed E-state index contributed by atoms with van der Waals surface area (Å²) in [5.74, 6) is 1.03. The van der Waals surface area contributed by atoms with Gasteiger partial charge in [-0.2, -0.15) is 0 Å². The Kier molecular flexibility index (Phi) is 8.37. The first-order valence-corrected chi connectivity index (χ1v) is 13.6. The highest BCUT2D eigenvalue weighted by atomic mass is 32.2. The smallest absolute Gasteiger partial charge is 0.262 e. The first kappa shape index (κ1) is 26.9. The van der Waals surface area contributed by atoms with Crippen LogP contribution in [0.25, 0.3) is 6.08 Å². The van der Waals surface area contributed by atoms with Gasteiger partial charge in [-0.05, 0) is 73.2 Å². The van der Waals surface area contributed by atoms with E-state index in [0.717, 1.165) is 26.7 Å². The fraction of sp³-hybridized carbons (Fsp3) is 0.125. The van der Waals surface area contributed by atoms with Crippen molar-refractivity contribution in [3.05, 3.63) is 102 Å². The Labute approximate surface area is 237 Å². The van der Waals surface area contributed by atoms with Gasteiger partial charge in [0.2, 0.25) is 0 Å². The third-order valence-corrected chi connectivity index (χ3v) is 7.23. The van der Waals surface area contributed by atoms with E-state index < -0.39 is 0 Å². The van der Waals surface area contributed by atoms with Crippen molar-refractivity contribution in [1.29, 1.82) is 0 Å². The minimum absolute atomic E-state index is 0.111. The molecular formula is C32H28N2O5S. The van der Waals surface area contributed by atoms with Gasteiger partial charge in [-0.15, -0.1) is 0 Å². The van der Waals surface area contributed by atoms with E-state index in [9.17, 15) is 9.59 Å². The second-order valence-corrected chi connectivity index (χ2v) is 9.89. The summed E-state index contributed by atoms with van der Waals surface area (Å²) in [6, 6.07) is 26.2. The standard InChI is InChI=1S/C32H28N2O5S/c1-3-38-29-18-21(13-16-28(29)39-20-32(36)34-23-8-4-6-10-27(23)37-2)12-15-26(35)22-14-17-31-25(19-22)33-24-9-5-7-11-30(24)40-31/h4-19,33H,3,20H2,1-2H3,(H,34,36)/b15-12+. The molecule has 4 aromatic carbocycles. The highest BCUT2D eigenvalue weighted by Gasteiger charge is 2.17. The molecule has 0 saturated carbocycles. The van der Waals surface area contributed by atoms with Gasteiger partial charge in [0.1, 0.15) is 5.75 Å². The number of anilines is 3. The number of nitrogens with one attached hydrogen (secondary N) is 2. The Morgan fingerprint density at radius 3 is 2.50 bits per heavy atom. The van der Waals surface area contributed by atoms with Gasteiger partial charge in [-0.1, -0.05) is 48.2 Å². The van der Waals surface area contributed by atoms with E-state index >= 15 is 0 Å². The lowest BCUT2D eigenvalue weighted by molar-refractivity contribution is -0.118. The average Bonchev–Trinajstić information content (AvgIpc) is 2.98. The van der Waals surface area contributed by atoms with Crippen molar-refractivity contribution < 1.29 is 23.8 Å². The van der Waals surface area contributed by atoms with Crippen LogP contribution >= 0.6 is 11.8 Å². The summed E-state index contributed by atoms with van der Waals surface area (Å²) in [4.78, 5) is 27.7. The Morgan fingerprint density at radius 1 is 0.850 bits per heavy atom. The normalized spacial score (nSPS) is 11.7. The molecule has 4 aromatic rings. The third kappa shape index (κ3) is 6.30. The molecule has 0 saturated heterocycles. The summed E-state index contributed by atoms with van der Waals surface area (Å²) in [7, 11) is 1.54. The molecule has 40 heavy (non-hydrogen) atoms. The molecule has 0 aromatic heterocycles. The van der Waals surface area contributed by atoms with E-state index in [4.69, 9.17) is 14.2 Å². The highest BCUT2D eigenvalue weighted by molar-refractivity contribution is 7.99. The maximum Gasteiger partial charge on any atom is 0.262 e. The number of ether oxygens (including phenoxy) is 3. The maximum atomic E-state index is 13.0. The van der Waals surface area contributed by atoms with E-state index in [1.165, 1.54) is 6.08 Å². The first-order chi connectivity index (χ1) is 19.5. The zero-order valence-corrected chi connectivity index (χ0v) is 22.9. The number of hydrogen-bond donors (Lipinski definition) is 2. The molecular weight excluding hydrogens is 524 g/mol. The van der Waals surface area contributed by atoms with Crippen LogP contribution < -0.4 is 24.8 Å². The molecule has 2 N–H and O–H groups in total. The van der Waals surface area contributed by atoms with Gasteiger partial charge < -0.3 is 24.8 Å². The number of hydrogen-bond acceptors (Lipinski definition) is 7. The number of para-hydroxylation sites is 3. The van der Waals surface area contributed by atoms with Crippen LogP contribution in [0, 0.1) is 0 Å². The lowest BCUT2D eigenvalue weighted by Crippen LogP contribution is -2.20. The van der Waals surface area contributed by atoms with Crippen LogP contribution in [0.1, 0.15) is 22.8 Å². The van der Waals surface area contributed by atoms with E-state index in [2.05, 4.69) is 16.7 Å². The van der Waals surface area contributed by atoms with Gasteiger partial charge in [-0.25, -0.2) is 0 Å². The molecule has 1 aliphatic rings. The highest BCUT2D eigenvalue weighted by Crippen LogP contribution is 2.44. The van der Waals surface area contributed by atoms with Gasteiger partial charge in [0, 0.05) is 15.4 Å². The van der Waals surface area contributed by atoms with Gasteiger partial charge in [0.15, 0.2) is 23.9 Å². The number of methoxy groups -OCH3 is 1. The van der Waals surface area contributed by atoms with Gasteiger partial charge in [0.05, 0.1) is 30.8 Å². The Hall–Kier alpha value is -4.69. The molecule has 0 spiro atoms. The number of amides is 1. The SMILES string of the molecule is CCOc1cc(/C=C/C(=O)c2ccc3c(c2)Nc2ccccc2S3)ccc1OCC(=O)Nc1ccccc1OC. The fourth-order valence-electron chi connectivity index (χ4n) is 4.15. The molecule has 1 heterocycles. The number of carbonyl (C=O) groups is 2. The zero-order valence-electron chi connectivity index (χ0n) is 22.1. The minimum Gasteiger partial charge on any atom is -0.495 e. The molecule has 202 valence electrons. The molecule has 0 bridgehead atoms. The van der Waals surface area contributed by atoms with Crippen molar-refractivity contribution in [2.24, 2.45) is 0 Å². The molecule has 0 aliphatic carbocycles. The predicted molar refractivity (Wildman–Crippen MR) is 158 cm³/mol. The van der Waals surface area contributed by atoms with Crippen LogP contribution in [0.15, 0.2) is 101 Å². The van der Waals surface area contributed by atoms with E-state index in [1.807, 2.05) is 61.5 Å². The van der Waals surface area contributed by atoms with Crippen molar-refractivity contribution >= 4 is 46.6 Å². The molecule has 0 atom stereocenters. The zero-order chi connectivity index (χ0) is 27.9. The summed E-state index contributed by atoms with van der Waals surface area (Å²) in [6.45, 7) is 2.07. The number of allylic oxidation sites excluding steroid dienone is 1. The minimum atomic E-state index is -0.331. The summed E-state index contributed by atoms with van der Waals surface area (Å²) in [6.07, 6.45) is 3.28. The largest absolute Gasteiger partial charge is 0.495 e. The van der Waals surface area contributed by atoms with Crippen molar-refractivity contribution in [1.82, 2.24) is 0 Å². The summed E-state index contributed by atoms with van der Waals surface area (Å²) < 4.78 is 16.8. The molecule has 8 heteroatoms. The Bertz CT molecular complexity index is 1580.